The highest BCUT2D eigenvalue weighted by molar-refractivity contribution is 5.77. The van der Waals surface area contributed by atoms with Crippen molar-refractivity contribution in [1.29, 1.82) is 0 Å². The van der Waals surface area contributed by atoms with Gasteiger partial charge in [0.2, 0.25) is 0 Å². The van der Waals surface area contributed by atoms with E-state index in [4.69, 9.17) is 16.5 Å². The second kappa shape index (κ2) is 6.92. The van der Waals surface area contributed by atoms with Gasteiger partial charge in [-0.05, 0) is 36.8 Å². The quantitative estimate of drug-likeness (QED) is 0.581. The Morgan fingerprint density at radius 3 is 2.41 bits per heavy atom. The second-order valence-electron chi connectivity index (χ2n) is 6.33. The van der Waals surface area contributed by atoms with Crippen molar-refractivity contribution in [2.75, 3.05) is 11.5 Å². The van der Waals surface area contributed by atoms with Crippen LogP contribution in [0, 0.1) is 6.92 Å². The van der Waals surface area contributed by atoms with Gasteiger partial charge in [0.1, 0.15) is 23.0 Å². The predicted octanol–water partition coefficient (Wildman–Crippen LogP) is 3.68. The van der Waals surface area contributed by atoms with Crippen LogP contribution in [0.15, 0.2) is 60.7 Å². The molecule has 6 heteroatoms. The van der Waals surface area contributed by atoms with Crippen molar-refractivity contribution in [2.24, 2.45) is 0 Å². The topological polar surface area (TPSA) is 95.6 Å². The number of nitrogens with two attached hydrogens (primary N) is 2. The van der Waals surface area contributed by atoms with Crippen molar-refractivity contribution >= 4 is 28.9 Å². The number of aromatic nitrogens is 4. The first-order valence-electron chi connectivity index (χ1n) is 8.69. The lowest BCUT2D eigenvalue weighted by atomic mass is 10.1. The van der Waals surface area contributed by atoms with E-state index in [1.807, 2.05) is 37.3 Å². The summed E-state index contributed by atoms with van der Waals surface area (Å²) in [6.07, 6.45) is 4.21. The number of aryl methyl sites for hydroxylation is 1. The standard InChI is InChI=1S/C21H20N6/c1-14-24-18-10-9-17(16-12-19(22)26-20(23)13-16)25-21(18)27(14)11-5-8-15-6-3-2-4-7-15/h2-10,12-13H,11H2,1H3,(H4,22,23,26)/b8-5+. The molecule has 0 bridgehead atoms. The predicted molar refractivity (Wildman–Crippen MR) is 110 cm³/mol. The average molecular weight is 356 g/mol. The average Bonchev–Trinajstić information content (AvgIpc) is 2.96. The molecule has 0 aliphatic heterocycles. The molecule has 0 saturated heterocycles. The number of anilines is 2. The molecule has 1 aromatic carbocycles. The normalized spacial score (nSPS) is 11.4. The number of rotatable bonds is 4. The van der Waals surface area contributed by atoms with Crippen LogP contribution < -0.4 is 11.5 Å². The highest BCUT2D eigenvalue weighted by Gasteiger charge is 2.10. The van der Waals surface area contributed by atoms with Gasteiger partial charge in [-0.25, -0.2) is 15.0 Å². The van der Waals surface area contributed by atoms with E-state index < -0.39 is 0 Å². The second-order valence-corrected chi connectivity index (χ2v) is 6.33. The summed E-state index contributed by atoms with van der Waals surface area (Å²) in [7, 11) is 0. The Kier molecular flexibility index (Phi) is 4.30. The SMILES string of the molecule is Cc1nc2ccc(-c3cc(N)nc(N)c3)nc2n1C/C=C/c1ccccc1. The Hall–Kier alpha value is -3.67. The molecule has 6 nitrogen and oxygen atoms in total. The molecule has 3 aromatic heterocycles. The van der Waals surface area contributed by atoms with Crippen molar-refractivity contribution in [1.82, 2.24) is 19.5 Å². The third-order valence-electron chi connectivity index (χ3n) is 4.34. The Bertz CT molecular complexity index is 1110. The van der Waals surface area contributed by atoms with Crippen molar-refractivity contribution in [2.45, 2.75) is 13.5 Å². The molecule has 4 aromatic rings. The van der Waals surface area contributed by atoms with Crippen LogP contribution in [0.2, 0.25) is 0 Å². The van der Waals surface area contributed by atoms with Crippen LogP contribution in [-0.2, 0) is 6.54 Å². The van der Waals surface area contributed by atoms with Crippen molar-refractivity contribution in [3.63, 3.8) is 0 Å². The molecule has 0 radical (unpaired) electrons. The molecule has 0 fully saturated rings. The maximum Gasteiger partial charge on any atom is 0.160 e. The summed E-state index contributed by atoms with van der Waals surface area (Å²) in [4.78, 5) is 13.4. The number of pyridine rings is 2. The molecule has 4 rings (SSSR count). The Morgan fingerprint density at radius 1 is 0.926 bits per heavy atom. The fourth-order valence-electron chi connectivity index (χ4n) is 3.07. The first-order chi connectivity index (χ1) is 13.1. The fraction of sp³-hybridized carbons (Fsp3) is 0.0952. The van der Waals surface area contributed by atoms with Crippen molar-refractivity contribution in [3.8, 4) is 11.3 Å². The summed E-state index contributed by atoms with van der Waals surface area (Å²) in [5, 5.41) is 0. The maximum absolute atomic E-state index is 5.82. The molecule has 4 N–H and O–H groups in total. The smallest absolute Gasteiger partial charge is 0.160 e. The number of allylic oxidation sites excluding steroid dienone is 1. The minimum absolute atomic E-state index is 0.377. The molecule has 0 unspecified atom stereocenters. The van der Waals surface area contributed by atoms with Crippen LogP contribution in [0.25, 0.3) is 28.5 Å². The van der Waals surface area contributed by atoms with Gasteiger partial charge in [-0.15, -0.1) is 0 Å². The summed E-state index contributed by atoms with van der Waals surface area (Å²) in [6, 6.07) is 17.6. The molecule has 0 aliphatic carbocycles. The van der Waals surface area contributed by atoms with Gasteiger partial charge in [-0.3, -0.25) is 0 Å². The van der Waals surface area contributed by atoms with Gasteiger partial charge in [0, 0.05) is 12.1 Å². The summed E-state index contributed by atoms with van der Waals surface area (Å²) in [6.45, 7) is 2.68. The first-order valence-corrected chi connectivity index (χ1v) is 8.69. The zero-order chi connectivity index (χ0) is 18.8. The van der Waals surface area contributed by atoms with E-state index >= 15 is 0 Å². The number of nitrogen functional groups attached to an aromatic ring is 2. The number of hydrogen-bond acceptors (Lipinski definition) is 5. The minimum Gasteiger partial charge on any atom is -0.384 e. The van der Waals surface area contributed by atoms with E-state index in [0.29, 0.717) is 18.2 Å². The lowest BCUT2D eigenvalue weighted by Gasteiger charge is -2.06. The van der Waals surface area contributed by atoms with Crippen LogP contribution in [0.1, 0.15) is 11.4 Å². The van der Waals surface area contributed by atoms with Crippen molar-refractivity contribution in [3.05, 3.63) is 72.1 Å². The fourth-order valence-corrected chi connectivity index (χ4v) is 3.07. The molecule has 134 valence electrons. The molecular formula is C21H20N6. The van der Waals surface area contributed by atoms with E-state index in [-0.39, 0.29) is 0 Å². The summed E-state index contributed by atoms with van der Waals surface area (Å²) < 4.78 is 2.09. The monoisotopic (exact) mass is 356 g/mol. The van der Waals surface area contributed by atoms with E-state index in [1.54, 1.807) is 12.1 Å². The van der Waals surface area contributed by atoms with Gasteiger partial charge < -0.3 is 16.0 Å². The molecule has 0 spiro atoms. The first kappa shape index (κ1) is 16.8. The van der Waals surface area contributed by atoms with E-state index in [1.165, 1.54) is 0 Å². The van der Waals surface area contributed by atoms with Crippen LogP contribution >= 0.6 is 0 Å². The van der Waals surface area contributed by atoms with Crippen LogP contribution in [0.5, 0.6) is 0 Å². The zero-order valence-corrected chi connectivity index (χ0v) is 15.0. The number of benzene rings is 1. The zero-order valence-electron chi connectivity index (χ0n) is 15.0. The molecule has 0 amide bonds. The summed E-state index contributed by atoms with van der Waals surface area (Å²) >= 11 is 0. The third kappa shape index (κ3) is 3.50. The molecule has 0 saturated carbocycles. The van der Waals surface area contributed by atoms with Gasteiger partial charge >= 0.3 is 0 Å². The highest BCUT2D eigenvalue weighted by Crippen LogP contribution is 2.24. The summed E-state index contributed by atoms with van der Waals surface area (Å²) in [5.41, 5.74) is 16.1. The van der Waals surface area contributed by atoms with Crippen LogP contribution in [0.4, 0.5) is 11.6 Å². The van der Waals surface area contributed by atoms with Crippen LogP contribution in [0.3, 0.4) is 0 Å². The van der Waals surface area contributed by atoms with Gasteiger partial charge in [0.05, 0.1) is 5.69 Å². The highest BCUT2D eigenvalue weighted by atomic mass is 15.1. The van der Waals surface area contributed by atoms with E-state index in [2.05, 4.69) is 38.8 Å². The Morgan fingerprint density at radius 2 is 1.67 bits per heavy atom. The lowest BCUT2D eigenvalue weighted by Crippen LogP contribution is -2.00. The molecule has 0 atom stereocenters. The summed E-state index contributed by atoms with van der Waals surface area (Å²) in [5.74, 6) is 1.67. The van der Waals surface area contributed by atoms with Gasteiger partial charge in [-0.2, -0.15) is 0 Å². The third-order valence-corrected chi connectivity index (χ3v) is 4.34. The van der Waals surface area contributed by atoms with Crippen LogP contribution in [-0.4, -0.2) is 19.5 Å². The van der Waals surface area contributed by atoms with E-state index in [0.717, 1.165) is 33.8 Å². The maximum atomic E-state index is 5.82. The molecule has 27 heavy (non-hydrogen) atoms. The van der Waals surface area contributed by atoms with Gasteiger partial charge in [-0.1, -0.05) is 42.5 Å². The van der Waals surface area contributed by atoms with Gasteiger partial charge in [0.25, 0.3) is 0 Å². The van der Waals surface area contributed by atoms with Crippen molar-refractivity contribution < 1.29 is 0 Å². The Balaban J connectivity index is 1.70. The minimum atomic E-state index is 0.377. The molecule has 0 aliphatic rings. The Labute approximate surface area is 157 Å². The lowest BCUT2D eigenvalue weighted by molar-refractivity contribution is 0.799. The number of imidazole rings is 1. The number of nitrogens with zero attached hydrogens (tertiary/aromatic N) is 4. The van der Waals surface area contributed by atoms with E-state index in [9.17, 15) is 0 Å². The largest absolute Gasteiger partial charge is 0.384 e. The molecular weight excluding hydrogens is 336 g/mol. The number of fused-ring (bicyclic) bond motifs is 1. The number of hydrogen-bond donors (Lipinski definition) is 2. The van der Waals surface area contributed by atoms with Gasteiger partial charge in [0.15, 0.2) is 5.65 Å². The molecule has 3 heterocycles.